The van der Waals surface area contributed by atoms with Crippen LogP contribution in [-0.4, -0.2) is 15.2 Å². The van der Waals surface area contributed by atoms with Crippen molar-refractivity contribution in [1.29, 1.82) is 0 Å². The molecule has 5 heteroatoms. The van der Waals surface area contributed by atoms with Gasteiger partial charge in [0.25, 0.3) is 0 Å². The highest BCUT2D eigenvalue weighted by Crippen LogP contribution is 2.18. The molecule has 0 bridgehead atoms. The summed E-state index contributed by atoms with van der Waals surface area (Å²) in [4.78, 5) is 23.2. The van der Waals surface area contributed by atoms with E-state index in [1.165, 1.54) is 0 Å². The molecule has 2 aromatic rings. The van der Waals surface area contributed by atoms with Gasteiger partial charge < -0.3 is 4.42 Å². The van der Waals surface area contributed by atoms with Gasteiger partial charge in [-0.15, -0.1) is 0 Å². The fourth-order valence-corrected chi connectivity index (χ4v) is 2.15. The van der Waals surface area contributed by atoms with E-state index in [2.05, 4.69) is 15.9 Å². The van der Waals surface area contributed by atoms with Crippen molar-refractivity contribution in [2.45, 2.75) is 31.6 Å². The number of nitrogens with zero attached hydrogens (tertiary/aromatic N) is 1. The van der Waals surface area contributed by atoms with Crippen LogP contribution in [0.25, 0.3) is 11.1 Å². The van der Waals surface area contributed by atoms with Crippen molar-refractivity contribution in [3.05, 3.63) is 34.3 Å². The number of hydrogen-bond donors (Lipinski definition) is 0. The molecule has 0 aliphatic heterocycles. The maximum Gasteiger partial charge on any atom is 0.419 e. The minimum atomic E-state index is -0.372. The number of oxazole rings is 1. The zero-order chi connectivity index (χ0) is 13.3. The summed E-state index contributed by atoms with van der Waals surface area (Å²) in [5, 5.41) is 0. The predicted molar refractivity (Wildman–Crippen MR) is 73.5 cm³/mol. The SMILES string of the molecule is CCCn1c(=O)oc2cc(C(=O)C(C)Br)ccc21. The number of aryl methyl sites for hydroxylation is 1. The summed E-state index contributed by atoms with van der Waals surface area (Å²) < 4.78 is 6.75. The second kappa shape index (κ2) is 5.10. The summed E-state index contributed by atoms with van der Waals surface area (Å²) in [6, 6.07) is 5.12. The lowest BCUT2D eigenvalue weighted by Gasteiger charge is -2.03. The van der Waals surface area contributed by atoms with E-state index in [1.54, 1.807) is 29.7 Å². The first-order chi connectivity index (χ1) is 8.54. The third-order valence-corrected chi connectivity index (χ3v) is 3.18. The molecule has 0 saturated carbocycles. The minimum absolute atomic E-state index is 0.0252. The lowest BCUT2D eigenvalue weighted by atomic mass is 10.1. The number of carbonyl (C=O) groups excluding carboxylic acids is 1. The van der Waals surface area contributed by atoms with E-state index in [0.717, 1.165) is 11.9 Å². The monoisotopic (exact) mass is 311 g/mol. The third-order valence-electron chi connectivity index (χ3n) is 2.76. The molecule has 0 saturated heterocycles. The van der Waals surface area contributed by atoms with Gasteiger partial charge in [0.15, 0.2) is 11.4 Å². The Balaban J connectivity index is 2.54. The van der Waals surface area contributed by atoms with Crippen LogP contribution >= 0.6 is 15.9 Å². The normalized spacial score (nSPS) is 12.8. The van der Waals surface area contributed by atoms with Crippen molar-refractivity contribution in [1.82, 2.24) is 4.57 Å². The van der Waals surface area contributed by atoms with Gasteiger partial charge in [-0.05, 0) is 31.5 Å². The average Bonchev–Trinajstić information content (AvgIpc) is 2.64. The van der Waals surface area contributed by atoms with Crippen LogP contribution in [-0.2, 0) is 6.54 Å². The highest BCUT2D eigenvalue weighted by atomic mass is 79.9. The molecule has 1 aromatic carbocycles. The van der Waals surface area contributed by atoms with Crippen molar-refractivity contribution < 1.29 is 9.21 Å². The zero-order valence-electron chi connectivity index (χ0n) is 10.3. The van der Waals surface area contributed by atoms with Crippen LogP contribution in [0.1, 0.15) is 30.6 Å². The van der Waals surface area contributed by atoms with Crippen molar-refractivity contribution in [2.24, 2.45) is 0 Å². The Bertz CT molecular complexity index is 639. The van der Waals surface area contributed by atoms with Crippen LogP contribution in [0.4, 0.5) is 0 Å². The molecule has 4 nitrogen and oxygen atoms in total. The molecule has 1 atom stereocenters. The number of rotatable bonds is 4. The molecule has 1 heterocycles. The van der Waals surface area contributed by atoms with Gasteiger partial charge in [-0.3, -0.25) is 9.36 Å². The molecular formula is C13H14BrNO3. The Morgan fingerprint density at radius 3 is 2.83 bits per heavy atom. The zero-order valence-corrected chi connectivity index (χ0v) is 11.9. The highest BCUT2D eigenvalue weighted by Gasteiger charge is 2.15. The molecule has 0 fully saturated rings. The van der Waals surface area contributed by atoms with E-state index in [4.69, 9.17) is 4.42 Å². The lowest BCUT2D eigenvalue weighted by Crippen LogP contribution is -2.13. The second-order valence-electron chi connectivity index (χ2n) is 4.18. The molecular weight excluding hydrogens is 298 g/mol. The van der Waals surface area contributed by atoms with Gasteiger partial charge in [0.2, 0.25) is 0 Å². The van der Waals surface area contributed by atoms with Crippen LogP contribution in [0.5, 0.6) is 0 Å². The summed E-state index contributed by atoms with van der Waals surface area (Å²) in [5.74, 6) is -0.397. The van der Waals surface area contributed by atoms with E-state index in [9.17, 15) is 9.59 Å². The van der Waals surface area contributed by atoms with Crippen LogP contribution < -0.4 is 5.76 Å². The first kappa shape index (κ1) is 13.1. The Hall–Kier alpha value is -1.36. The van der Waals surface area contributed by atoms with Crippen LogP contribution in [0.3, 0.4) is 0 Å². The van der Waals surface area contributed by atoms with E-state index < -0.39 is 0 Å². The predicted octanol–water partition coefficient (Wildman–Crippen LogP) is 2.97. The smallest absolute Gasteiger partial charge is 0.408 e. The van der Waals surface area contributed by atoms with Gasteiger partial charge in [-0.25, -0.2) is 4.79 Å². The number of ketones is 1. The van der Waals surface area contributed by atoms with Gasteiger partial charge in [0.05, 0.1) is 10.3 Å². The topological polar surface area (TPSA) is 52.2 Å². The van der Waals surface area contributed by atoms with Crippen molar-refractivity contribution in [2.75, 3.05) is 0 Å². The molecule has 2 rings (SSSR count). The lowest BCUT2D eigenvalue weighted by molar-refractivity contribution is 0.0996. The number of alkyl halides is 1. The molecule has 0 radical (unpaired) electrons. The van der Waals surface area contributed by atoms with Crippen molar-refractivity contribution in [3.63, 3.8) is 0 Å². The number of hydrogen-bond acceptors (Lipinski definition) is 3. The summed E-state index contributed by atoms with van der Waals surface area (Å²) >= 11 is 3.24. The van der Waals surface area contributed by atoms with Gasteiger partial charge in [-0.1, -0.05) is 22.9 Å². The van der Waals surface area contributed by atoms with Gasteiger partial charge in [0.1, 0.15) is 0 Å². The largest absolute Gasteiger partial charge is 0.419 e. The van der Waals surface area contributed by atoms with Gasteiger partial charge in [0, 0.05) is 12.1 Å². The maximum absolute atomic E-state index is 11.8. The summed E-state index contributed by atoms with van der Waals surface area (Å²) in [6.07, 6.45) is 0.855. The Morgan fingerprint density at radius 2 is 2.22 bits per heavy atom. The fourth-order valence-electron chi connectivity index (χ4n) is 1.88. The third kappa shape index (κ3) is 2.27. The van der Waals surface area contributed by atoms with Crippen molar-refractivity contribution in [3.8, 4) is 0 Å². The highest BCUT2D eigenvalue weighted by molar-refractivity contribution is 9.10. The minimum Gasteiger partial charge on any atom is -0.408 e. The van der Waals surface area contributed by atoms with Gasteiger partial charge in [-0.2, -0.15) is 0 Å². The number of aromatic nitrogens is 1. The summed E-state index contributed by atoms with van der Waals surface area (Å²) in [6.45, 7) is 4.38. The standard InChI is InChI=1S/C13H14BrNO3/c1-3-6-15-10-5-4-9(12(16)8(2)14)7-11(10)18-13(15)17/h4-5,7-8H,3,6H2,1-2H3. The first-order valence-electron chi connectivity index (χ1n) is 5.86. The number of fused-ring (bicyclic) bond motifs is 1. The molecule has 0 aliphatic rings. The Labute approximate surface area is 113 Å². The number of halogens is 1. The molecule has 0 aliphatic carbocycles. The fraction of sp³-hybridized carbons (Fsp3) is 0.385. The second-order valence-corrected chi connectivity index (χ2v) is 5.56. The molecule has 1 unspecified atom stereocenters. The number of carbonyl (C=O) groups is 1. The van der Waals surface area contributed by atoms with Crippen molar-refractivity contribution >= 4 is 32.8 Å². The van der Waals surface area contributed by atoms with E-state index in [0.29, 0.717) is 17.7 Å². The van der Waals surface area contributed by atoms with Crippen LogP contribution in [0.15, 0.2) is 27.4 Å². The molecule has 1 aromatic heterocycles. The number of Topliss-reactive ketones (excluding diaryl/α,β-unsaturated/α-hetero) is 1. The quantitative estimate of drug-likeness (QED) is 0.644. The van der Waals surface area contributed by atoms with E-state index in [1.807, 2.05) is 6.92 Å². The molecule has 0 N–H and O–H groups in total. The summed E-state index contributed by atoms with van der Waals surface area (Å²) in [7, 11) is 0. The molecule has 18 heavy (non-hydrogen) atoms. The first-order valence-corrected chi connectivity index (χ1v) is 6.77. The van der Waals surface area contributed by atoms with E-state index >= 15 is 0 Å². The Kier molecular flexibility index (Phi) is 3.71. The van der Waals surface area contributed by atoms with E-state index in [-0.39, 0.29) is 16.4 Å². The molecule has 0 spiro atoms. The van der Waals surface area contributed by atoms with Crippen LogP contribution in [0, 0.1) is 0 Å². The number of benzene rings is 1. The summed E-state index contributed by atoms with van der Waals surface area (Å²) in [5.41, 5.74) is 1.75. The van der Waals surface area contributed by atoms with Gasteiger partial charge >= 0.3 is 5.76 Å². The maximum atomic E-state index is 11.8. The average molecular weight is 312 g/mol. The van der Waals surface area contributed by atoms with Crippen LogP contribution in [0.2, 0.25) is 0 Å². The molecule has 96 valence electrons. The molecule has 0 amide bonds. The Morgan fingerprint density at radius 1 is 1.50 bits per heavy atom.